The van der Waals surface area contributed by atoms with Gasteiger partial charge >= 0.3 is 5.97 Å². The van der Waals surface area contributed by atoms with E-state index in [9.17, 15) is 9.18 Å². The van der Waals surface area contributed by atoms with Gasteiger partial charge in [-0.3, -0.25) is 4.68 Å². The number of aromatic nitrogens is 3. The van der Waals surface area contributed by atoms with Crippen molar-refractivity contribution in [3.63, 3.8) is 0 Å². The van der Waals surface area contributed by atoms with Crippen molar-refractivity contribution in [2.24, 2.45) is 7.05 Å². The number of esters is 1. The Kier molecular flexibility index (Phi) is 9.12. The van der Waals surface area contributed by atoms with Gasteiger partial charge in [-0.2, -0.15) is 5.10 Å². The molecule has 0 spiro atoms. The number of halogens is 1. The van der Waals surface area contributed by atoms with Crippen LogP contribution in [0.4, 0.5) is 4.39 Å². The molecule has 0 radical (unpaired) electrons. The minimum Gasteiger partial charge on any atom is -0.493 e. The van der Waals surface area contributed by atoms with E-state index in [0.29, 0.717) is 51.5 Å². The first-order valence-electron chi connectivity index (χ1n) is 14.8. The van der Waals surface area contributed by atoms with Crippen LogP contribution in [0.2, 0.25) is 0 Å². The molecule has 8 heteroatoms. The Bertz CT molecular complexity index is 1630. The van der Waals surface area contributed by atoms with Crippen molar-refractivity contribution < 1.29 is 23.4 Å². The number of carbonyl (C=O) groups is 1. The van der Waals surface area contributed by atoms with Crippen molar-refractivity contribution in [1.82, 2.24) is 14.3 Å². The van der Waals surface area contributed by atoms with Crippen molar-refractivity contribution >= 4 is 22.9 Å². The third-order valence-corrected chi connectivity index (χ3v) is 8.00. The van der Waals surface area contributed by atoms with Gasteiger partial charge in [0.2, 0.25) is 0 Å². The molecule has 0 unspecified atom stereocenters. The highest BCUT2D eigenvalue weighted by molar-refractivity contribution is 6.04. The Morgan fingerprint density at radius 2 is 1.98 bits per heavy atom. The molecule has 0 bridgehead atoms. The number of carbonyl (C=O) groups excluding carboxylic acids is 1. The maximum atomic E-state index is 13.6. The topological polar surface area (TPSA) is 67.5 Å². The number of allylic oxidation sites excluding steroid dienone is 1. The molecule has 0 amide bonds. The second kappa shape index (κ2) is 12.9. The number of rotatable bonds is 8. The van der Waals surface area contributed by atoms with Crippen molar-refractivity contribution in [3.05, 3.63) is 76.0 Å². The number of hydrogen-bond donors (Lipinski definition) is 0. The lowest BCUT2D eigenvalue weighted by molar-refractivity contribution is 0.0512. The Labute approximate surface area is 246 Å². The molecule has 0 fully saturated rings. The van der Waals surface area contributed by atoms with Gasteiger partial charge in [-0.05, 0) is 82.2 Å². The average molecular weight is 574 g/mol. The molecular weight excluding hydrogens is 533 g/mol. The zero-order chi connectivity index (χ0) is 29.8. The third-order valence-electron chi connectivity index (χ3n) is 8.00. The van der Waals surface area contributed by atoms with Crippen molar-refractivity contribution in [2.75, 3.05) is 19.8 Å². The molecule has 0 saturated carbocycles. The van der Waals surface area contributed by atoms with Crippen molar-refractivity contribution in [1.29, 1.82) is 0 Å². The van der Waals surface area contributed by atoms with E-state index < -0.39 is 0 Å². The van der Waals surface area contributed by atoms with Crippen LogP contribution in [0.3, 0.4) is 0 Å². The third kappa shape index (κ3) is 5.86. The van der Waals surface area contributed by atoms with E-state index in [4.69, 9.17) is 19.3 Å². The summed E-state index contributed by atoms with van der Waals surface area (Å²) in [6.45, 7) is 9.82. The summed E-state index contributed by atoms with van der Waals surface area (Å²) in [6.07, 6.45) is 4.61. The molecule has 7 nitrogen and oxygen atoms in total. The Balaban J connectivity index is 1.55. The molecule has 5 rings (SSSR count). The van der Waals surface area contributed by atoms with Gasteiger partial charge in [-0.15, -0.1) is 0 Å². The highest BCUT2D eigenvalue weighted by Gasteiger charge is 2.27. The molecule has 1 aliphatic heterocycles. The highest BCUT2D eigenvalue weighted by Crippen LogP contribution is 2.39. The van der Waals surface area contributed by atoms with E-state index in [1.165, 1.54) is 13.0 Å². The van der Waals surface area contributed by atoms with E-state index in [1.54, 1.807) is 0 Å². The van der Waals surface area contributed by atoms with E-state index in [2.05, 4.69) is 29.7 Å². The van der Waals surface area contributed by atoms with Crippen molar-refractivity contribution in [2.45, 2.75) is 66.5 Å². The predicted octanol–water partition coefficient (Wildman–Crippen LogP) is 7.49. The molecule has 0 N–H and O–H groups in total. The molecule has 0 saturated heterocycles. The lowest BCUT2D eigenvalue weighted by Crippen LogP contribution is -2.15. The minimum absolute atomic E-state index is 0.246. The van der Waals surface area contributed by atoms with E-state index in [-0.39, 0.29) is 11.8 Å². The number of benzene rings is 2. The minimum atomic E-state index is -0.304. The van der Waals surface area contributed by atoms with Gasteiger partial charge in [-0.25, -0.2) is 9.18 Å². The first-order chi connectivity index (χ1) is 20.3. The fraction of sp³-hybridized carbons (Fsp3) is 0.412. The largest absolute Gasteiger partial charge is 0.493 e. The SMILES string of the molecule is CCOC(=O)c1c(CCCOc2cccc(/C=C(\C)F)c2C)c2cccc3c2n1CCCCOCc1nn(C)c(C)c1-3. The fourth-order valence-electron chi connectivity index (χ4n) is 5.95. The van der Waals surface area contributed by atoms with Crippen LogP contribution in [-0.2, 0) is 36.1 Å². The summed E-state index contributed by atoms with van der Waals surface area (Å²) < 4.78 is 35.4. The molecule has 0 aliphatic carbocycles. The van der Waals surface area contributed by atoms with Gasteiger partial charge in [0, 0.05) is 42.4 Å². The van der Waals surface area contributed by atoms with Gasteiger partial charge in [0.05, 0.1) is 36.9 Å². The van der Waals surface area contributed by atoms with Gasteiger partial charge in [0.25, 0.3) is 0 Å². The molecule has 3 heterocycles. The van der Waals surface area contributed by atoms with Crippen molar-refractivity contribution in [3.8, 4) is 16.9 Å². The van der Waals surface area contributed by atoms with Crippen LogP contribution in [0.5, 0.6) is 5.75 Å². The number of ether oxygens (including phenoxy) is 3. The fourth-order valence-corrected chi connectivity index (χ4v) is 5.95. The number of hydrogen-bond acceptors (Lipinski definition) is 5. The zero-order valence-corrected chi connectivity index (χ0v) is 25.3. The van der Waals surface area contributed by atoms with E-state index >= 15 is 0 Å². The normalized spacial score (nSPS) is 14.0. The number of aryl methyl sites for hydroxylation is 3. The average Bonchev–Trinajstić information content (AvgIpc) is 3.41. The number of para-hydroxylation sites is 1. The molecule has 2 aromatic carbocycles. The second-order valence-corrected chi connectivity index (χ2v) is 10.8. The number of nitrogens with zero attached hydrogens (tertiary/aromatic N) is 3. The quantitative estimate of drug-likeness (QED) is 0.161. The smallest absolute Gasteiger partial charge is 0.355 e. The lowest BCUT2D eigenvalue weighted by Gasteiger charge is -2.13. The van der Waals surface area contributed by atoms with E-state index in [1.807, 2.05) is 43.8 Å². The van der Waals surface area contributed by atoms with Gasteiger partial charge in [-0.1, -0.05) is 30.3 Å². The zero-order valence-electron chi connectivity index (χ0n) is 25.3. The maximum absolute atomic E-state index is 13.6. The summed E-state index contributed by atoms with van der Waals surface area (Å²) in [5.74, 6) is 0.183. The first kappa shape index (κ1) is 29.6. The Morgan fingerprint density at radius 1 is 1.17 bits per heavy atom. The van der Waals surface area contributed by atoms with Gasteiger partial charge in [0.1, 0.15) is 11.4 Å². The summed E-state index contributed by atoms with van der Waals surface area (Å²) in [4.78, 5) is 13.6. The second-order valence-electron chi connectivity index (χ2n) is 10.8. The van der Waals surface area contributed by atoms with Crippen LogP contribution in [0, 0.1) is 13.8 Å². The van der Waals surface area contributed by atoms with Crippen LogP contribution in [0.25, 0.3) is 28.1 Å². The van der Waals surface area contributed by atoms with Crippen LogP contribution >= 0.6 is 0 Å². The van der Waals surface area contributed by atoms with Gasteiger partial charge in [0.15, 0.2) is 0 Å². The van der Waals surface area contributed by atoms with Crippen LogP contribution < -0.4 is 4.74 Å². The Morgan fingerprint density at radius 3 is 2.76 bits per heavy atom. The summed E-state index contributed by atoms with van der Waals surface area (Å²) in [6, 6.07) is 11.9. The number of fused-ring (bicyclic) bond motifs is 2. The Hall–Kier alpha value is -3.91. The molecular formula is C34H40FN3O4. The molecule has 222 valence electrons. The molecule has 1 aliphatic rings. The first-order valence-corrected chi connectivity index (χ1v) is 14.8. The van der Waals surface area contributed by atoms with Crippen LogP contribution in [-0.4, -0.2) is 40.1 Å². The summed E-state index contributed by atoms with van der Waals surface area (Å²) in [5, 5.41) is 5.83. The summed E-state index contributed by atoms with van der Waals surface area (Å²) in [7, 11) is 1.95. The maximum Gasteiger partial charge on any atom is 0.355 e. The summed E-state index contributed by atoms with van der Waals surface area (Å²) in [5.41, 5.74) is 8.39. The highest BCUT2D eigenvalue weighted by atomic mass is 19.1. The van der Waals surface area contributed by atoms with Crippen LogP contribution in [0.15, 0.2) is 42.2 Å². The molecule has 42 heavy (non-hydrogen) atoms. The standard InChI is InChI=1S/C34H40FN3O4/c1-6-41-34(39)33-27(15-11-19-42-30-16-9-12-25(23(30)3)20-22(2)35)26-13-10-14-28-31-24(4)37(5)36-29(31)21-40-18-8-7-17-38(33)32(26)28/h9-10,12-14,16,20H,6-8,11,15,17-19,21H2,1-5H3/b22-20+. The molecule has 4 aromatic rings. The molecule has 2 aromatic heterocycles. The predicted molar refractivity (Wildman–Crippen MR) is 163 cm³/mol. The lowest BCUT2D eigenvalue weighted by atomic mass is 9.98. The van der Waals surface area contributed by atoms with Crippen LogP contribution in [0.1, 0.15) is 71.7 Å². The van der Waals surface area contributed by atoms with Gasteiger partial charge < -0.3 is 18.8 Å². The monoisotopic (exact) mass is 573 g/mol. The van der Waals surface area contributed by atoms with E-state index in [0.717, 1.165) is 68.7 Å². The summed E-state index contributed by atoms with van der Waals surface area (Å²) >= 11 is 0. The molecule has 0 atom stereocenters.